The van der Waals surface area contributed by atoms with E-state index in [0.717, 1.165) is 30.6 Å². The van der Waals surface area contributed by atoms with E-state index in [2.05, 4.69) is 17.0 Å². The van der Waals surface area contributed by atoms with E-state index in [-0.39, 0.29) is 5.75 Å². The fourth-order valence-electron chi connectivity index (χ4n) is 1.96. The number of rotatable bonds is 7. The van der Waals surface area contributed by atoms with E-state index in [0.29, 0.717) is 0 Å². The Morgan fingerprint density at radius 1 is 1.15 bits per heavy atom. The second kappa shape index (κ2) is 7.20. The van der Waals surface area contributed by atoms with Gasteiger partial charge in [0.2, 0.25) is 10.0 Å². The minimum absolute atomic E-state index is 0.0197. The third kappa shape index (κ3) is 7.03. The molecule has 0 heterocycles. The zero-order valence-corrected chi connectivity index (χ0v) is 13.7. The summed E-state index contributed by atoms with van der Waals surface area (Å²) < 4.78 is 26.8. The van der Waals surface area contributed by atoms with Crippen molar-refractivity contribution >= 4 is 10.0 Å². The third-order valence-corrected chi connectivity index (χ3v) is 4.20. The lowest BCUT2D eigenvalue weighted by Crippen LogP contribution is -2.41. The van der Waals surface area contributed by atoms with Crippen molar-refractivity contribution in [1.82, 2.24) is 10.0 Å². The van der Waals surface area contributed by atoms with Crippen LogP contribution in [0.25, 0.3) is 0 Å². The van der Waals surface area contributed by atoms with E-state index in [4.69, 9.17) is 0 Å². The van der Waals surface area contributed by atoms with Crippen molar-refractivity contribution in [1.29, 1.82) is 0 Å². The molecule has 0 saturated carbocycles. The number of hydrogen-bond acceptors (Lipinski definition) is 3. The molecule has 5 heteroatoms. The molecule has 0 aliphatic heterocycles. The maximum Gasteiger partial charge on any atom is 0.216 e. The van der Waals surface area contributed by atoms with Crippen molar-refractivity contribution < 1.29 is 8.42 Å². The average molecular weight is 298 g/mol. The lowest BCUT2D eigenvalue weighted by Gasteiger charge is -2.20. The van der Waals surface area contributed by atoms with Gasteiger partial charge in [-0.25, -0.2) is 13.1 Å². The quantitative estimate of drug-likeness (QED) is 0.760. The van der Waals surface area contributed by atoms with E-state index >= 15 is 0 Å². The molecular weight excluding hydrogens is 272 g/mol. The molecule has 4 nitrogen and oxygen atoms in total. The first-order valence-corrected chi connectivity index (χ1v) is 8.67. The third-order valence-electron chi connectivity index (χ3n) is 2.57. The SMILES string of the molecule is CCCNCc1cccc(CS(=O)(=O)NC(C)(C)C)c1. The molecule has 0 unspecified atom stereocenters. The summed E-state index contributed by atoms with van der Waals surface area (Å²) in [5.41, 5.74) is 1.48. The van der Waals surface area contributed by atoms with Crippen LogP contribution < -0.4 is 10.0 Å². The van der Waals surface area contributed by atoms with E-state index < -0.39 is 15.6 Å². The molecule has 2 N–H and O–H groups in total. The Labute approximate surface area is 123 Å². The molecule has 114 valence electrons. The molecule has 0 bridgehead atoms. The summed E-state index contributed by atoms with van der Waals surface area (Å²) in [6.07, 6.45) is 1.09. The summed E-state index contributed by atoms with van der Waals surface area (Å²) in [4.78, 5) is 0. The highest BCUT2D eigenvalue weighted by molar-refractivity contribution is 7.88. The lowest BCUT2D eigenvalue weighted by atomic mass is 10.1. The predicted octanol–water partition coefficient (Wildman–Crippen LogP) is 2.40. The van der Waals surface area contributed by atoms with E-state index in [1.165, 1.54) is 0 Å². The number of nitrogens with one attached hydrogen (secondary N) is 2. The minimum Gasteiger partial charge on any atom is -0.313 e. The molecule has 1 aromatic carbocycles. The van der Waals surface area contributed by atoms with Crippen LogP contribution in [0.15, 0.2) is 24.3 Å². The van der Waals surface area contributed by atoms with Gasteiger partial charge in [-0.15, -0.1) is 0 Å². The number of benzene rings is 1. The standard InChI is InChI=1S/C15H26N2O2S/c1-5-9-16-11-13-7-6-8-14(10-13)12-20(18,19)17-15(2,3)4/h6-8,10,16-17H,5,9,11-12H2,1-4H3. The summed E-state index contributed by atoms with van der Waals surface area (Å²) in [7, 11) is -3.30. The zero-order chi connectivity index (χ0) is 15.2. The van der Waals surface area contributed by atoms with Crippen LogP contribution in [-0.2, 0) is 22.3 Å². The van der Waals surface area contributed by atoms with Crippen molar-refractivity contribution in [2.24, 2.45) is 0 Å². The van der Waals surface area contributed by atoms with Gasteiger partial charge >= 0.3 is 0 Å². The van der Waals surface area contributed by atoms with Crippen molar-refractivity contribution in [3.63, 3.8) is 0 Å². The summed E-state index contributed by atoms with van der Waals surface area (Å²) in [5.74, 6) is 0.0197. The van der Waals surface area contributed by atoms with Crippen molar-refractivity contribution in [2.45, 2.75) is 52.0 Å². The maximum atomic E-state index is 12.1. The molecular formula is C15H26N2O2S. The molecule has 0 atom stereocenters. The molecule has 0 saturated heterocycles. The summed E-state index contributed by atoms with van der Waals surface area (Å²) in [6.45, 7) is 9.39. The highest BCUT2D eigenvalue weighted by atomic mass is 32.2. The van der Waals surface area contributed by atoms with Gasteiger partial charge in [0, 0.05) is 12.1 Å². The van der Waals surface area contributed by atoms with Crippen LogP contribution >= 0.6 is 0 Å². The van der Waals surface area contributed by atoms with Crippen molar-refractivity contribution in [2.75, 3.05) is 6.54 Å². The van der Waals surface area contributed by atoms with Crippen LogP contribution in [0, 0.1) is 0 Å². The molecule has 0 spiro atoms. The topological polar surface area (TPSA) is 58.2 Å². The molecule has 1 aromatic rings. The van der Waals surface area contributed by atoms with Gasteiger partial charge in [0.1, 0.15) is 0 Å². The second-order valence-electron chi connectivity index (χ2n) is 6.11. The average Bonchev–Trinajstić information content (AvgIpc) is 2.25. The van der Waals surface area contributed by atoms with Gasteiger partial charge in [0.25, 0.3) is 0 Å². The van der Waals surface area contributed by atoms with Crippen LogP contribution in [0.5, 0.6) is 0 Å². The largest absolute Gasteiger partial charge is 0.313 e. The van der Waals surface area contributed by atoms with Gasteiger partial charge in [0.15, 0.2) is 0 Å². The van der Waals surface area contributed by atoms with Crippen LogP contribution in [0.2, 0.25) is 0 Å². The van der Waals surface area contributed by atoms with Crippen molar-refractivity contribution in [3.05, 3.63) is 35.4 Å². The number of hydrogen-bond donors (Lipinski definition) is 2. The lowest BCUT2D eigenvalue weighted by molar-refractivity contribution is 0.491. The van der Waals surface area contributed by atoms with Crippen molar-refractivity contribution in [3.8, 4) is 0 Å². The van der Waals surface area contributed by atoms with E-state index in [1.807, 2.05) is 45.0 Å². The molecule has 0 aliphatic rings. The molecule has 0 amide bonds. The highest BCUT2D eigenvalue weighted by Gasteiger charge is 2.20. The first kappa shape index (κ1) is 17.1. The van der Waals surface area contributed by atoms with Crippen LogP contribution in [0.3, 0.4) is 0 Å². The van der Waals surface area contributed by atoms with Crippen LogP contribution in [-0.4, -0.2) is 20.5 Å². The Morgan fingerprint density at radius 2 is 1.80 bits per heavy atom. The van der Waals surface area contributed by atoms with Gasteiger partial charge in [-0.3, -0.25) is 0 Å². The Balaban J connectivity index is 2.70. The zero-order valence-electron chi connectivity index (χ0n) is 12.9. The molecule has 0 aromatic heterocycles. The monoisotopic (exact) mass is 298 g/mol. The van der Waals surface area contributed by atoms with Gasteiger partial charge in [0.05, 0.1) is 5.75 Å². The molecule has 20 heavy (non-hydrogen) atoms. The normalized spacial score (nSPS) is 12.6. The Bertz CT molecular complexity index is 519. The summed E-state index contributed by atoms with van der Waals surface area (Å²) in [6, 6.07) is 7.72. The van der Waals surface area contributed by atoms with E-state index in [1.54, 1.807) is 0 Å². The molecule has 0 fully saturated rings. The predicted molar refractivity (Wildman–Crippen MR) is 84.0 cm³/mol. The smallest absolute Gasteiger partial charge is 0.216 e. The maximum absolute atomic E-state index is 12.1. The Morgan fingerprint density at radius 3 is 2.40 bits per heavy atom. The first-order valence-electron chi connectivity index (χ1n) is 7.02. The summed E-state index contributed by atoms with van der Waals surface area (Å²) in [5, 5.41) is 3.31. The fourth-order valence-corrected chi connectivity index (χ4v) is 3.58. The second-order valence-corrected chi connectivity index (χ2v) is 7.83. The summed E-state index contributed by atoms with van der Waals surface area (Å²) >= 11 is 0. The highest BCUT2D eigenvalue weighted by Crippen LogP contribution is 2.11. The van der Waals surface area contributed by atoms with Gasteiger partial charge in [-0.2, -0.15) is 0 Å². The molecule has 1 rings (SSSR count). The van der Waals surface area contributed by atoms with Crippen LogP contribution in [0.4, 0.5) is 0 Å². The number of sulfonamides is 1. The van der Waals surface area contributed by atoms with Crippen LogP contribution in [0.1, 0.15) is 45.2 Å². The minimum atomic E-state index is -3.30. The van der Waals surface area contributed by atoms with E-state index in [9.17, 15) is 8.42 Å². The van der Waals surface area contributed by atoms with Gasteiger partial charge < -0.3 is 5.32 Å². The Hall–Kier alpha value is -0.910. The fraction of sp³-hybridized carbons (Fsp3) is 0.600. The molecule has 0 radical (unpaired) electrons. The first-order chi connectivity index (χ1) is 9.22. The molecule has 0 aliphatic carbocycles. The van der Waals surface area contributed by atoms with Gasteiger partial charge in [-0.05, 0) is 44.9 Å². The van der Waals surface area contributed by atoms with Gasteiger partial charge in [-0.1, -0.05) is 31.2 Å². The Kier molecular flexibility index (Phi) is 6.17.